The molecule has 1 aliphatic heterocycles. The molecule has 0 fully saturated rings. The molecule has 0 unspecified atom stereocenters. The van der Waals surface area contributed by atoms with Crippen LogP contribution in [0.25, 0.3) is 71.8 Å². The van der Waals surface area contributed by atoms with Gasteiger partial charge in [-0.1, -0.05) is 215 Å². The molecular weight excluding hydrogens is 859 g/mol. The Labute approximate surface area is 416 Å². The molecule has 0 atom stereocenters. The van der Waals surface area contributed by atoms with Gasteiger partial charge in [0.15, 0.2) is 0 Å². The normalized spacial score (nSPS) is 13.3. The first-order chi connectivity index (χ1) is 34.9. The predicted octanol–water partition coefficient (Wildman–Crippen LogP) is 18.1. The summed E-state index contributed by atoms with van der Waals surface area (Å²) < 4.78 is 2.43. The van der Waals surface area contributed by atoms with Crippen LogP contribution in [0.5, 0.6) is 0 Å². The lowest BCUT2D eigenvalue weighted by Crippen LogP contribution is -2.30. The zero-order chi connectivity index (χ0) is 48.1. The number of hydrogen-bond donors (Lipinski definition) is 0. The summed E-state index contributed by atoms with van der Waals surface area (Å²) in [6.45, 7) is 13.5. The third-order valence-corrected chi connectivity index (χ3v) is 14.3. The number of fused-ring (bicyclic) bond motifs is 7. The Morgan fingerprint density at radius 2 is 1.10 bits per heavy atom. The first-order valence-electron chi connectivity index (χ1n) is 24.3. The van der Waals surface area contributed by atoms with Gasteiger partial charge in [0, 0.05) is 38.7 Å². The SMILES string of the molecule is C=C/C(=N\C(=C/C(=C)c1ccc(-c2ccccc2)cc1)c1cccc(-n2c3cccc(-c4ccc5c(c4)N(c4ccccc4)c4ccccc4C5(C)C)c3c3c4ccccc4ccc32)c1)c1ccccc1. The van der Waals surface area contributed by atoms with Crippen LogP contribution in [-0.2, 0) is 5.41 Å². The summed E-state index contributed by atoms with van der Waals surface area (Å²) in [5, 5.41) is 4.86. The van der Waals surface area contributed by atoms with Crippen molar-refractivity contribution in [1.29, 1.82) is 0 Å². The molecule has 3 nitrogen and oxygen atoms in total. The van der Waals surface area contributed by atoms with E-state index >= 15 is 0 Å². The van der Waals surface area contributed by atoms with Crippen LogP contribution in [0.15, 0.2) is 267 Å². The number of benzene rings is 10. The average molecular weight is 910 g/mol. The Kier molecular flexibility index (Phi) is 10.8. The lowest BCUT2D eigenvalue weighted by Gasteiger charge is -2.42. The number of aromatic nitrogens is 1. The van der Waals surface area contributed by atoms with Crippen molar-refractivity contribution in [2.45, 2.75) is 19.3 Å². The van der Waals surface area contributed by atoms with E-state index in [0.717, 1.165) is 61.6 Å². The average Bonchev–Trinajstić information content (AvgIpc) is 3.78. The minimum Gasteiger partial charge on any atom is -0.310 e. The van der Waals surface area contributed by atoms with Gasteiger partial charge in [0.05, 0.1) is 33.8 Å². The quantitative estimate of drug-likeness (QED) is 0.0989. The molecule has 1 aliphatic rings. The van der Waals surface area contributed by atoms with Crippen molar-refractivity contribution in [3.05, 3.63) is 290 Å². The molecule has 338 valence electrons. The van der Waals surface area contributed by atoms with Crippen LogP contribution in [0.2, 0.25) is 0 Å². The highest BCUT2D eigenvalue weighted by atomic mass is 15.2. The molecule has 12 rings (SSSR count). The van der Waals surface area contributed by atoms with E-state index in [1.54, 1.807) is 0 Å². The van der Waals surface area contributed by atoms with E-state index in [4.69, 9.17) is 4.99 Å². The van der Waals surface area contributed by atoms with Crippen molar-refractivity contribution in [3.63, 3.8) is 0 Å². The Bertz CT molecular complexity index is 3910. The van der Waals surface area contributed by atoms with Crippen molar-refractivity contribution in [2.75, 3.05) is 4.90 Å². The highest BCUT2D eigenvalue weighted by Gasteiger charge is 2.37. The summed E-state index contributed by atoms with van der Waals surface area (Å²) >= 11 is 0. The number of aliphatic imine (C=N–C) groups is 1. The van der Waals surface area contributed by atoms with E-state index in [2.05, 4.69) is 255 Å². The molecule has 0 saturated heterocycles. The molecule has 11 aromatic rings. The molecule has 0 N–H and O–H groups in total. The summed E-state index contributed by atoms with van der Waals surface area (Å²) in [6, 6.07) is 85.0. The third kappa shape index (κ3) is 7.60. The summed E-state index contributed by atoms with van der Waals surface area (Å²) in [7, 11) is 0. The zero-order valence-electron chi connectivity index (χ0n) is 39.9. The van der Waals surface area contributed by atoms with Crippen LogP contribution >= 0.6 is 0 Å². The van der Waals surface area contributed by atoms with Gasteiger partial charge in [-0.25, -0.2) is 4.99 Å². The maximum atomic E-state index is 5.38. The molecule has 71 heavy (non-hydrogen) atoms. The van der Waals surface area contributed by atoms with Crippen LogP contribution in [0, 0.1) is 0 Å². The molecule has 3 heteroatoms. The first kappa shape index (κ1) is 43.2. The first-order valence-corrected chi connectivity index (χ1v) is 24.3. The summed E-state index contributed by atoms with van der Waals surface area (Å²) in [6.07, 6.45) is 3.94. The standard InChI is InChI=1S/C68H51N3/c1-5-60(51-24-11-7-12-25-51)69-61(43-46(2)47-35-37-49(38-36-47)48-21-9-6-10-22-48)53-26-19-29-55(44-53)71-63-34-20-31-57(67(63)66-56-30-16-15-23-50(56)40-42-64(66)71)52-39-41-59-65(45-52)70(54-27-13-8-14-28-54)62-33-18-17-32-58(62)68(59,3)4/h5-45H,1-2H2,3-4H3/b61-43-,69-60+. The van der Waals surface area contributed by atoms with Gasteiger partial charge in [-0.15, -0.1) is 0 Å². The van der Waals surface area contributed by atoms with Crippen LogP contribution in [-0.4, -0.2) is 10.3 Å². The highest BCUT2D eigenvalue weighted by molar-refractivity contribution is 6.25. The molecule has 2 heterocycles. The van der Waals surface area contributed by atoms with Gasteiger partial charge in [-0.2, -0.15) is 0 Å². The van der Waals surface area contributed by atoms with E-state index in [0.29, 0.717) is 0 Å². The van der Waals surface area contributed by atoms with Crippen LogP contribution < -0.4 is 4.90 Å². The minimum atomic E-state index is -0.205. The molecule has 0 bridgehead atoms. The molecule has 0 radical (unpaired) electrons. The van der Waals surface area contributed by atoms with E-state index in [1.165, 1.54) is 60.7 Å². The second kappa shape index (κ2) is 17.8. The molecule has 1 aromatic heterocycles. The molecule has 10 aromatic carbocycles. The number of anilines is 3. The smallest absolute Gasteiger partial charge is 0.0716 e. The van der Waals surface area contributed by atoms with Crippen LogP contribution in [0.1, 0.15) is 41.7 Å². The van der Waals surface area contributed by atoms with Crippen LogP contribution in [0.3, 0.4) is 0 Å². The van der Waals surface area contributed by atoms with Gasteiger partial charge >= 0.3 is 0 Å². The van der Waals surface area contributed by atoms with E-state index in [9.17, 15) is 0 Å². The molecular formula is C68H51N3. The van der Waals surface area contributed by atoms with E-state index in [1.807, 2.05) is 30.3 Å². The number of para-hydroxylation sites is 2. The molecule has 0 saturated carbocycles. The van der Waals surface area contributed by atoms with Gasteiger partial charge in [0.25, 0.3) is 0 Å². The van der Waals surface area contributed by atoms with Gasteiger partial charge in [-0.05, 0) is 116 Å². The Morgan fingerprint density at radius 3 is 1.89 bits per heavy atom. The molecule has 0 amide bonds. The maximum absolute atomic E-state index is 5.38. The maximum Gasteiger partial charge on any atom is 0.0716 e. The van der Waals surface area contributed by atoms with Crippen molar-refractivity contribution in [2.24, 2.45) is 4.99 Å². The van der Waals surface area contributed by atoms with E-state index in [-0.39, 0.29) is 5.41 Å². The fraction of sp³-hybridized carbons (Fsp3) is 0.0441. The van der Waals surface area contributed by atoms with Crippen LogP contribution in [0.4, 0.5) is 17.1 Å². The number of hydrogen-bond acceptors (Lipinski definition) is 2. The minimum absolute atomic E-state index is 0.205. The number of rotatable bonds is 10. The number of allylic oxidation sites excluding steroid dienone is 3. The van der Waals surface area contributed by atoms with Crippen molar-refractivity contribution >= 4 is 66.6 Å². The fourth-order valence-electron chi connectivity index (χ4n) is 10.8. The van der Waals surface area contributed by atoms with E-state index < -0.39 is 0 Å². The highest BCUT2D eigenvalue weighted by Crippen LogP contribution is 2.53. The zero-order valence-corrected chi connectivity index (χ0v) is 39.9. The van der Waals surface area contributed by atoms with Gasteiger partial charge in [0.2, 0.25) is 0 Å². The lowest BCUT2D eigenvalue weighted by atomic mass is 9.73. The van der Waals surface area contributed by atoms with Crippen molar-refractivity contribution in [1.82, 2.24) is 4.57 Å². The Morgan fingerprint density at radius 1 is 0.479 bits per heavy atom. The largest absolute Gasteiger partial charge is 0.310 e. The fourth-order valence-corrected chi connectivity index (χ4v) is 10.8. The van der Waals surface area contributed by atoms with Crippen molar-refractivity contribution < 1.29 is 0 Å². The second-order valence-electron chi connectivity index (χ2n) is 18.9. The third-order valence-electron chi connectivity index (χ3n) is 14.3. The van der Waals surface area contributed by atoms with Gasteiger partial charge < -0.3 is 9.47 Å². The summed E-state index contributed by atoms with van der Waals surface area (Å²) in [5.74, 6) is 0. The Balaban J connectivity index is 1.04. The topological polar surface area (TPSA) is 20.5 Å². The Hall–Kier alpha value is -9.05. The second-order valence-corrected chi connectivity index (χ2v) is 18.9. The summed E-state index contributed by atoms with van der Waals surface area (Å²) in [5.41, 5.74) is 19.3. The van der Waals surface area contributed by atoms with Gasteiger partial charge in [0.1, 0.15) is 0 Å². The molecule has 0 aliphatic carbocycles. The predicted molar refractivity (Wildman–Crippen MR) is 303 cm³/mol. The monoisotopic (exact) mass is 909 g/mol. The van der Waals surface area contributed by atoms with Gasteiger partial charge in [-0.3, -0.25) is 0 Å². The van der Waals surface area contributed by atoms with Crippen molar-refractivity contribution in [3.8, 4) is 27.9 Å². The lowest BCUT2D eigenvalue weighted by molar-refractivity contribution is 0.632. The summed E-state index contributed by atoms with van der Waals surface area (Å²) in [4.78, 5) is 7.83. The number of nitrogens with zero attached hydrogens (tertiary/aromatic N) is 3. The molecule has 0 spiro atoms.